The van der Waals surface area contributed by atoms with Gasteiger partial charge in [-0.2, -0.15) is 4.31 Å². The molecule has 0 saturated carbocycles. The van der Waals surface area contributed by atoms with E-state index in [-0.39, 0.29) is 10.6 Å². The molecule has 0 saturated heterocycles. The van der Waals surface area contributed by atoms with Crippen LogP contribution in [0.25, 0.3) is 0 Å². The van der Waals surface area contributed by atoms with Gasteiger partial charge in [0, 0.05) is 23.6 Å². The van der Waals surface area contributed by atoms with Crippen LogP contribution in [-0.4, -0.2) is 24.2 Å². The largest absolute Gasteiger partial charge is 0.269 e. The molecule has 27 heavy (non-hydrogen) atoms. The number of fused-ring (bicyclic) bond motifs is 1. The fourth-order valence-corrected chi connectivity index (χ4v) is 5.91. The van der Waals surface area contributed by atoms with Crippen LogP contribution in [0.1, 0.15) is 22.0 Å². The van der Waals surface area contributed by atoms with Gasteiger partial charge in [0.15, 0.2) is 0 Å². The Kier molecular flexibility index (Phi) is 4.55. The zero-order chi connectivity index (χ0) is 19.0. The number of rotatable bonds is 4. The molecule has 0 fully saturated rings. The maximum atomic E-state index is 13.3. The summed E-state index contributed by atoms with van der Waals surface area (Å²) in [6.07, 6.45) is 0.655. The van der Waals surface area contributed by atoms with E-state index in [0.29, 0.717) is 13.0 Å². The highest BCUT2D eigenvalue weighted by Gasteiger charge is 2.38. The van der Waals surface area contributed by atoms with Gasteiger partial charge in [-0.15, -0.1) is 11.3 Å². The number of benzene rings is 2. The van der Waals surface area contributed by atoms with Crippen molar-refractivity contribution in [1.82, 2.24) is 4.31 Å². The summed E-state index contributed by atoms with van der Waals surface area (Å²) in [6.45, 7) is 0.367. The van der Waals surface area contributed by atoms with Crippen LogP contribution >= 0.6 is 11.3 Å². The molecule has 1 aliphatic heterocycles. The first-order valence-electron chi connectivity index (χ1n) is 8.36. The first-order valence-corrected chi connectivity index (χ1v) is 10.7. The molecule has 0 bridgehead atoms. The van der Waals surface area contributed by atoms with Crippen molar-refractivity contribution in [3.05, 3.63) is 92.2 Å². The fourth-order valence-electron chi connectivity index (χ4n) is 3.41. The highest BCUT2D eigenvalue weighted by Crippen LogP contribution is 2.40. The van der Waals surface area contributed by atoms with Crippen LogP contribution in [-0.2, 0) is 16.4 Å². The van der Waals surface area contributed by atoms with Crippen LogP contribution in [0.5, 0.6) is 0 Å². The summed E-state index contributed by atoms with van der Waals surface area (Å²) in [6, 6.07) is 16.2. The Morgan fingerprint density at radius 2 is 1.74 bits per heavy atom. The highest BCUT2D eigenvalue weighted by molar-refractivity contribution is 7.89. The Morgan fingerprint density at radius 3 is 2.41 bits per heavy atom. The molecule has 2 aromatic carbocycles. The molecule has 0 aliphatic carbocycles. The van der Waals surface area contributed by atoms with Crippen molar-refractivity contribution in [2.75, 3.05) is 6.54 Å². The first-order chi connectivity index (χ1) is 13.0. The summed E-state index contributed by atoms with van der Waals surface area (Å²) in [5.41, 5.74) is 1.78. The van der Waals surface area contributed by atoms with Crippen LogP contribution in [0.15, 0.2) is 70.9 Å². The Labute approximate surface area is 160 Å². The molecule has 0 unspecified atom stereocenters. The van der Waals surface area contributed by atoms with Gasteiger partial charge in [-0.1, -0.05) is 30.3 Å². The van der Waals surface area contributed by atoms with Crippen molar-refractivity contribution in [2.24, 2.45) is 0 Å². The van der Waals surface area contributed by atoms with Crippen LogP contribution < -0.4 is 0 Å². The normalized spacial score (nSPS) is 17.4. The lowest BCUT2D eigenvalue weighted by Gasteiger charge is -2.35. The topological polar surface area (TPSA) is 80.5 Å². The molecule has 2 heterocycles. The molecule has 0 spiro atoms. The third-order valence-corrected chi connectivity index (χ3v) is 7.57. The number of nitrogens with zero attached hydrogens (tertiary/aromatic N) is 2. The zero-order valence-electron chi connectivity index (χ0n) is 14.2. The van der Waals surface area contributed by atoms with Crippen LogP contribution in [0, 0.1) is 10.1 Å². The zero-order valence-corrected chi connectivity index (χ0v) is 15.8. The minimum atomic E-state index is -3.81. The minimum absolute atomic E-state index is 0.0627. The van der Waals surface area contributed by atoms with Gasteiger partial charge < -0.3 is 0 Å². The third-order valence-electron chi connectivity index (χ3n) is 4.69. The van der Waals surface area contributed by atoms with Gasteiger partial charge in [0.05, 0.1) is 15.9 Å². The molecule has 0 radical (unpaired) electrons. The van der Waals surface area contributed by atoms with E-state index >= 15 is 0 Å². The monoisotopic (exact) mass is 400 g/mol. The Hall–Kier alpha value is -2.55. The fraction of sp³-hybridized carbons (Fsp3) is 0.158. The Morgan fingerprint density at radius 1 is 1.04 bits per heavy atom. The molecule has 0 amide bonds. The van der Waals surface area contributed by atoms with E-state index in [4.69, 9.17) is 0 Å². The number of hydrogen-bond acceptors (Lipinski definition) is 5. The lowest BCUT2D eigenvalue weighted by Crippen LogP contribution is -2.40. The summed E-state index contributed by atoms with van der Waals surface area (Å²) in [5, 5.41) is 12.8. The second kappa shape index (κ2) is 6.88. The van der Waals surface area contributed by atoms with Crippen molar-refractivity contribution in [1.29, 1.82) is 0 Å². The predicted octanol–water partition coefficient (Wildman–Crippen LogP) is 3.99. The van der Waals surface area contributed by atoms with Gasteiger partial charge in [0.2, 0.25) is 10.0 Å². The summed E-state index contributed by atoms with van der Waals surface area (Å²) >= 11 is 1.64. The molecule has 0 N–H and O–H groups in total. The summed E-state index contributed by atoms with van der Waals surface area (Å²) in [5.74, 6) is 0. The molecule has 6 nitrogen and oxygen atoms in total. The lowest BCUT2D eigenvalue weighted by molar-refractivity contribution is -0.384. The Balaban J connectivity index is 1.80. The second-order valence-electron chi connectivity index (χ2n) is 6.23. The number of sulfonamides is 1. The van der Waals surface area contributed by atoms with Crippen LogP contribution in [0.2, 0.25) is 0 Å². The number of hydrogen-bond donors (Lipinski definition) is 0. The van der Waals surface area contributed by atoms with Crippen LogP contribution in [0.4, 0.5) is 5.69 Å². The third kappa shape index (κ3) is 3.16. The summed E-state index contributed by atoms with van der Waals surface area (Å²) < 4.78 is 28.2. The van der Waals surface area contributed by atoms with E-state index < -0.39 is 21.0 Å². The molecule has 8 heteroatoms. The van der Waals surface area contributed by atoms with Crippen molar-refractivity contribution in [3.8, 4) is 0 Å². The standard InChI is InChI=1S/C19H16N2O4S2/c22-21(23)15-6-8-16(9-7-15)27(24,25)20-12-10-18-17(11-13-26-18)19(20)14-4-2-1-3-5-14/h1-9,11,13,19H,10,12H2/t19-/m0/s1. The van der Waals surface area contributed by atoms with Crippen molar-refractivity contribution >= 4 is 27.0 Å². The average Bonchev–Trinajstić information content (AvgIpc) is 3.16. The molecule has 4 rings (SSSR count). The SMILES string of the molecule is O=[N+]([O-])c1ccc(S(=O)(=O)N2CCc3sccc3[C@@H]2c2ccccc2)cc1. The van der Waals surface area contributed by atoms with Gasteiger partial charge in [-0.05, 0) is 41.1 Å². The second-order valence-corrected chi connectivity index (χ2v) is 9.12. The van der Waals surface area contributed by atoms with E-state index in [1.54, 1.807) is 11.3 Å². The maximum Gasteiger partial charge on any atom is 0.269 e. The maximum absolute atomic E-state index is 13.3. The molecule has 3 aromatic rings. The van der Waals surface area contributed by atoms with E-state index in [0.717, 1.165) is 11.1 Å². The van der Waals surface area contributed by atoms with Gasteiger partial charge in [-0.25, -0.2) is 8.42 Å². The van der Waals surface area contributed by atoms with E-state index in [1.165, 1.54) is 33.4 Å². The Bertz CT molecular complexity index is 1080. The van der Waals surface area contributed by atoms with E-state index in [2.05, 4.69) is 0 Å². The van der Waals surface area contributed by atoms with E-state index in [1.807, 2.05) is 41.8 Å². The average molecular weight is 400 g/mol. The number of thiophene rings is 1. The molecular weight excluding hydrogens is 384 g/mol. The van der Waals surface area contributed by atoms with Gasteiger partial charge in [0.1, 0.15) is 0 Å². The number of non-ortho nitro benzene ring substituents is 1. The van der Waals surface area contributed by atoms with Gasteiger partial charge in [-0.3, -0.25) is 10.1 Å². The van der Waals surface area contributed by atoms with Crippen LogP contribution in [0.3, 0.4) is 0 Å². The minimum Gasteiger partial charge on any atom is -0.258 e. The number of nitro groups is 1. The first kappa shape index (κ1) is 17.8. The quantitative estimate of drug-likeness (QED) is 0.490. The summed E-state index contributed by atoms with van der Waals surface area (Å²) in [7, 11) is -3.81. The molecule has 1 aromatic heterocycles. The number of nitro benzene ring substituents is 1. The molecule has 1 aliphatic rings. The predicted molar refractivity (Wildman–Crippen MR) is 103 cm³/mol. The highest BCUT2D eigenvalue weighted by atomic mass is 32.2. The van der Waals surface area contributed by atoms with Gasteiger partial charge in [0.25, 0.3) is 5.69 Å². The van der Waals surface area contributed by atoms with Crippen molar-refractivity contribution in [3.63, 3.8) is 0 Å². The molecule has 138 valence electrons. The molecule has 1 atom stereocenters. The van der Waals surface area contributed by atoms with Crippen molar-refractivity contribution in [2.45, 2.75) is 17.4 Å². The lowest BCUT2D eigenvalue weighted by atomic mass is 9.95. The molecular formula is C19H16N2O4S2. The van der Waals surface area contributed by atoms with Crippen molar-refractivity contribution < 1.29 is 13.3 Å². The van der Waals surface area contributed by atoms with Gasteiger partial charge >= 0.3 is 0 Å². The summed E-state index contributed by atoms with van der Waals surface area (Å²) in [4.78, 5) is 11.6. The smallest absolute Gasteiger partial charge is 0.258 e. The van der Waals surface area contributed by atoms with E-state index in [9.17, 15) is 18.5 Å².